The molecule has 6 aromatic carbocycles. The number of nitrogens with two attached hydrogens (primary N) is 5. The van der Waals surface area contributed by atoms with Gasteiger partial charge in [0.2, 0.25) is 0 Å². The summed E-state index contributed by atoms with van der Waals surface area (Å²) < 4.78 is 71.0. The first-order chi connectivity index (χ1) is 44.0. The predicted octanol–water partition coefficient (Wildman–Crippen LogP) is 14.3. The second-order valence-corrected chi connectivity index (χ2v) is 26.5. The summed E-state index contributed by atoms with van der Waals surface area (Å²) in [7, 11) is 3.47. The molecule has 10 nitrogen and oxygen atoms in total. The molecule has 0 atom stereocenters. The molecule has 0 saturated heterocycles. The van der Waals surface area contributed by atoms with Crippen LogP contribution in [0, 0.1) is 23.3 Å². The van der Waals surface area contributed by atoms with E-state index in [9.17, 15) is 27.8 Å². The van der Waals surface area contributed by atoms with Crippen LogP contribution in [0.15, 0.2) is 158 Å². The van der Waals surface area contributed by atoms with Crippen molar-refractivity contribution in [3.63, 3.8) is 0 Å². The lowest BCUT2D eigenvalue weighted by atomic mass is 9.68. The molecule has 6 aromatic rings. The lowest BCUT2D eigenvalue weighted by Gasteiger charge is -2.39. The highest BCUT2D eigenvalue weighted by Gasteiger charge is 2.41. The molecule has 15 heteroatoms. The third-order valence-electron chi connectivity index (χ3n) is 20.9. The molecule has 0 aliphatic heterocycles. The zero-order valence-corrected chi connectivity index (χ0v) is 54.5. The van der Waals surface area contributed by atoms with Crippen molar-refractivity contribution in [3.8, 4) is 0 Å². The first-order valence-corrected chi connectivity index (χ1v) is 33.4. The largest absolute Gasteiger partial charge is 0.393 e. The number of ether oxygens (including phenoxy) is 3. The SMILES string of the molecule is COC1CCC(CN)(c2cc(F)ccc2F)CC1.COC1CCC(CN)(c2cccc(Cl)c2)CC1.NCC1(c2cc(F)ccc2F)CCC(O)CC1.NCC1(c2ccccc2)CCC(O)CC1.NCC1(c2ccccc2)CCC(OC/C=C/c2ccccc2)CC1. The molecule has 0 spiro atoms. The highest BCUT2D eigenvalue weighted by molar-refractivity contribution is 6.30. The minimum atomic E-state index is -0.522. The van der Waals surface area contributed by atoms with E-state index < -0.39 is 28.3 Å². The Labute approximate surface area is 544 Å². The number of hydrogen-bond acceptors (Lipinski definition) is 10. The lowest BCUT2D eigenvalue weighted by molar-refractivity contribution is 0.0290. The number of rotatable bonds is 16. The first kappa shape index (κ1) is 73.1. The summed E-state index contributed by atoms with van der Waals surface area (Å²) in [6.45, 7) is 3.38. The Hall–Kier alpha value is -5.33. The number of benzene rings is 6. The van der Waals surface area contributed by atoms with Crippen LogP contribution in [-0.2, 0) is 41.3 Å². The minimum Gasteiger partial charge on any atom is -0.393 e. The highest BCUT2D eigenvalue weighted by Crippen LogP contribution is 2.44. The van der Waals surface area contributed by atoms with Gasteiger partial charge in [-0.3, -0.25) is 0 Å². The van der Waals surface area contributed by atoms with E-state index in [1.54, 1.807) is 14.2 Å². The van der Waals surface area contributed by atoms with Crippen molar-refractivity contribution in [2.45, 2.75) is 186 Å². The smallest absolute Gasteiger partial charge is 0.127 e. The van der Waals surface area contributed by atoms with Crippen LogP contribution >= 0.6 is 11.6 Å². The molecule has 496 valence electrons. The van der Waals surface area contributed by atoms with Gasteiger partial charge in [-0.1, -0.05) is 127 Å². The minimum absolute atomic E-state index is 0.0972. The molecule has 0 radical (unpaired) electrons. The zero-order valence-electron chi connectivity index (χ0n) is 53.8. The Morgan fingerprint density at radius 2 is 0.758 bits per heavy atom. The van der Waals surface area contributed by atoms with E-state index in [0.29, 0.717) is 75.3 Å². The van der Waals surface area contributed by atoms with Crippen LogP contribution in [0.2, 0.25) is 5.02 Å². The summed E-state index contributed by atoms with van der Waals surface area (Å²) in [5.74, 6) is -1.63. The van der Waals surface area contributed by atoms with E-state index in [0.717, 1.165) is 132 Å². The van der Waals surface area contributed by atoms with Gasteiger partial charge in [0.15, 0.2) is 0 Å². The molecule has 0 bridgehead atoms. The number of hydrogen-bond donors (Lipinski definition) is 7. The molecule has 11 rings (SSSR count). The topological polar surface area (TPSA) is 198 Å². The van der Waals surface area contributed by atoms with Crippen molar-refractivity contribution >= 4 is 17.7 Å². The van der Waals surface area contributed by atoms with Gasteiger partial charge in [0.25, 0.3) is 0 Å². The normalized spacial score (nSPS) is 28.1. The summed E-state index contributed by atoms with van der Waals surface area (Å²) in [6, 6.07) is 46.8. The third kappa shape index (κ3) is 19.9. The molecule has 5 fully saturated rings. The van der Waals surface area contributed by atoms with Crippen molar-refractivity contribution in [1.29, 1.82) is 0 Å². The van der Waals surface area contributed by atoms with Crippen molar-refractivity contribution in [3.05, 3.63) is 219 Å². The Balaban J connectivity index is 0.000000163. The first-order valence-electron chi connectivity index (χ1n) is 33.0. The molecule has 0 aromatic heterocycles. The number of aliphatic hydroxyl groups excluding tert-OH is 2. The summed E-state index contributed by atoms with van der Waals surface area (Å²) in [4.78, 5) is 0. The van der Waals surface area contributed by atoms with Crippen molar-refractivity contribution in [2.75, 3.05) is 53.6 Å². The molecule has 0 unspecified atom stereocenters. The zero-order chi connectivity index (χ0) is 65.3. The molecular formula is C76H102ClF4N5O5. The molecule has 5 aliphatic carbocycles. The maximum atomic E-state index is 13.9. The van der Waals surface area contributed by atoms with E-state index in [1.807, 2.05) is 24.3 Å². The number of methoxy groups -OCH3 is 2. The molecule has 91 heavy (non-hydrogen) atoms. The van der Waals surface area contributed by atoms with E-state index in [2.05, 4.69) is 103 Å². The van der Waals surface area contributed by atoms with Crippen molar-refractivity contribution in [1.82, 2.24) is 0 Å². The molecule has 5 saturated carbocycles. The average Bonchev–Trinajstić information content (AvgIpc) is 1.07. The highest BCUT2D eigenvalue weighted by atomic mass is 35.5. The molecule has 5 aliphatic rings. The van der Waals surface area contributed by atoms with E-state index >= 15 is 0 Å². The quantitative estimate of drug-likeness (QED) is 0.0458. The van der Waals surface area contributed by atoms with Crippen LogP contribution in [-0.4, -0.2) is 94.3 Å². The van der Waals surface area contributed by atoms with Gasteiger partial charge in [0.05, 0.1) is 37.1 Å². The Kier molecular flexibility index (Phi) is 28.8. The summed E-state index contributed by atoms with van der Waals surface area (Å²) >= 11 is 6.07. The van der Waals surface area contributed by atoms with E-state index in [4.69, 9.17) is 54.5 Å². The fraction of sp³-hybridized carbons (Fsp3) is 0.500. The monoisotopic (exact) mass is 1280 g/mol. The summed E-state index contributed by atoms with van der Waals surface area (Å²) in [6.07, 6.45) is 22.8. The van der Waals surface area contributed by atoms with E-state index in [1.165, 1.54) is 40.5 Å². The van der Waals surface area contributed by atoms with Gasteiger partial charge >= 0.3 is 0 Å². The molecular weight excluding hydrogens is 1170 g/mol. The van der Waals surface area contributed by atoms with Gasteiger partial charge in [-0.2, -0.15) is 0 Å². The lowest BCUT2D eigenvalue weighted by Crippen LogP contribution is -2.41. The van der Waals surface area contributed by atoms with Crippen molar-refractivity contribution < 1.29 is 42.0 Å². The second kappa shape index (κ2) is 35.8. The third-order valence-corrected chi connectivity index (χ3v) is 21.1. The maximum absolute atomic E-state index is 13.9. The standard InChI is InChI=1S/C22H27NO.C14H20ClNO.C14H19F2NO.C13H17F2NO.C13H19NO/c23-18-22(20-11-5-2-6-12-20)15-13-21(14-16-22)24-17-7-10-19-8-3-1-4-9-19;1-17-13-5-7-14(10-16,8-6-13)11-3-2-4-12(15)9-11;1-18-11-4-6-14(9-17,7-5-11)12-8-10(15)2-3-13(12)16;14-9-1-2-12(15)11(7-9)13(8-16)5-3-10(17)4-6-13;14-10-13(8-6-12(15)7-9-13)11-4-2-1-3-5-11/h1-12,21H,13-18,23H2;2-4,9,13H,5-8,10,16H2,1H3;2-3,8,11H,4-7,9,17H2,1H3;1-2,7,10,17H,3-6,8,16H2;1-5,12,15H,6-10,14H2/b10-7+;;;;. The van der Waals surface area contributed by atoms with Crippen LogP contribution in [0.25, 0.3) is 6.08 Å². The summed E-state index contributed by atoms with van der Waals surface area (Å²) in [5.41, 5.74) is 35.1. The molecule has 0 heterocycles. The van der Waals surface area contributed by atoms with Gasteiger partial charge in [0.1, 0.15) is 23.3 Å². The van der Waals surface area contributed by atoms with Gasteiger partial charge in [-0.05, 0) is 210 Å². The maximum Gasteiger partial charge on any atom is 0.127 e. The fourth-order valence-corrected chi connectivity index (χ4v) is 14.7. The summed E-state index contributed by atoms with van der Waals surface area (Å²) in [5, 5.41) is 19.8. The molecule has 12 N–H and O–H groups in total. The van der Waals surface area contributed by atoms with Crippen LogP contribution in [0.1, 0.15) is 162 Å². The predicted molar refractivity (Wildman–Crippen MR) is 362 cm³/mol. The van der Waals surface area contributed by atoms with Crippen LogP contribution in [0.5, 0.6) is 0 Å². The van der Waals surface area contributed by atoms with Crippen LogP contribution in [0.3, 0.4) is 0 Å². The van der Waals surface area contributed by atoms with Gasteiger partial charge < -0.3 is 53.1 Å². The Morgan fingerprint density at radius 1 is 0.418 bits per heavy atom. The average molecular weight is 1280 g/mol. The van der Waals surface area contributed by atoms with Crippen molar-refractivity contribution in [2.24, 2.45) is 28.7 Å². The molecule has 0 amide bonds. The van der Waals surface area contributed by atoms with Gasteiger partial charge in [-0.15, -0.1) is 0 Å². The number of halogens is 5. The fourth-order valence-electron chi connectivity index (χ4n) is 14.5. The Bertz CT molecular complexity index is 3070. The number of aliphatic hydroxyl groups is 2. The van der Waals surface area contributed by atoms with Gasteiger partial charge in [-0.25, -0.2) is 17.6 Å². The van der Waals surface area contributed by atoms with Gasteiger partial charge in [0, 0.05) is 79.0 Å². The second-order valence-electron chi connectivity index (χ2n) is 26.1. The van der Waals surface area contributed by atoms with E-state index in [-0.39, 0.29) is 46.9 Å². The van der Waals surface area contributed by atoms with Crippen LogP contribution in [0.4, 0.5) is 17.6 Å². The van der Waals surface area contributed by atoms with Crippen LogP contribution < -0.4 is 28.7 Å². The Morgan fingerprint density at radius 3 is 1.14 bits per heavy atom.